The maximum absolute atomic E-state index is 13.6. The summed E-state index contributed by atoms with van der Waals surface area (Å²) in [4.78, 5) is 47.9. The Balaban J connectivity index is 1.39. The fourth-order valence-corrected chi connectivity index (χ4v) is 5.39. The highest BCUT2D eigenvalue weighted by Crippen LogP contribution is 2.32. The molecule has 206 valence electrons. The average Bonchev–Trinajstić information content (AvgIpc) is 3.38. The summed E-state index contributed by atoms with van der Waals surface area (Å²) in [6.45, 7) is 8.82. The lowest BCUT2D eigenvalue weighted by molar-refractivity contribution is -0.154. The van der Waals surface area contributed by atoms with Crippen LogP contribution in [0.4, 0.5) is 5.69 Å². The van der Waals surface area contributed by atoms with Crippen LogP contribution in [-0.2, 0) is 19.1 Å². The summed E-state index contributed by atoms with van der Waals surface area (Å²) in [5.74, 6) is -1.39. The maximum atomic E-state index is 13.6. The lowest BCUT2D eigenvalue weighted by atomic mass is 9.91. The van der Waals surface area contributed by atoms with Crippen molar-refractivity contribution < 1.29 is 19.1 Å². The molecule has 2 aliphatic rings. The van der Waals surface area contributed by atoms with Crippen LogP contribution in [0.1, 0.15) is 64.8 Å². The summed E-state index contributed by atoms with van der Waals surface area (Å²) >= 11 is 0. The summed E-state index contributed by atoms with van der Waals surface area (Å²) in [6, 6.07) is 8.84. The molecular formula is C29H36N6O4. The second-order valence-corrected chi connectivity index (χ2v) is 11.4. The number of amides is 3. The van der Waals surface area contributed by atoms with Gasteiger partial charge < -0.3 is 19.9 Å². The molecule has 5 rings (SSSR count). The second kappa shape index (κ2) is 10.8. The van der Waals surface area contributed by atoms with Gasteiger partial charge in [0, 0.05) is 36.5 Å². The molecule has 3 aromatic rings. The molecule has 10 nitrogen and oxygen atoms in total. The minimum absolute atomic E-state index is 0.0178. The maximum Gasteiger partial charge on any atom is 0.313 e. The van der Waals surface area contributed by atoms with Crippen molar-refractivity contribution in [3.05, 3.63) is 54.5 Å². The minimum atomic E-state index is -0.755. The Morgan fingerprint density at radius 2 is 1.77 bits per heavy atom. The van der Waals surface area contributed by atoms with Gasteiger partial charge in [0.2, 0.25) is 5.91 Å². The number of rotatable bonds is 3. The molecule has 2 fully saturated rings. The van der Waals surface area contributed by atoms with Crippen LogP contribution in [0.25, 0.3) is 10.9 Å². The van der Waals surface area contributed by atoms with Gasteiger partial charge in [-0.15, -0.1) is 0 Å². The van der Waals surface area contributed by atoms with Crippen molar-refractivity contribution in [1.29, 1.82) is 0 Å². The van der Waals surface area contributed by atoms with Crippen molar-refractivity contribution in [2.75, 3.05) is 25.0 Å². The number of aromatic nitrogens is 3. The monoisotopic (exact) mass is 532 g/mol. The molecule has 3 atom stereocenters. The number of nitrogens with zero attached hydrogens (tertiary/aromatic N) is 5. The van der Waals surface area contributed by atoms with Crippen molar-refractivity contribution in [3.63, 3.8) is 0 Å². The second-order valence-electron chi connectivity index (χ2n) is 11.4. The van der Waals surface area contributed by atoms with Crippen molar-refractivity contribution in [3.8, 4) is 0 Å². The summed E-state index contributed by atoms with van der Waals surface area (Å²) < 4.78 is 7.67. The van der Waals surface area contributed by atoms with Gasteiger partial charge in [-0.05, 0) is 31.7 Å². The molecule has 2 saturated heterocycles. The van der Waals surface area contributed by atoms with Gasteiger partial charge in [0.1, 0.15) is 0 Å². The van der Waals surface area contributed by atoms with E-state index in [1.165, 1.54) is 6.20 Å². The largest absolute Gasteiger partial charge is 0.356 e. The molecule has 10 heteroatoms. The zero-order valence-corrected chi connectivity index (χ0v) is 23.0. The topological polar surface area (TPSA) is 110 Å². The number of piperazine rings is 1. The Kier molecular flexibility index (Phi) is 7.40. The van der Waals surface area contributed by atoms with Gasteiger partial charge in [-0.3, -0.25) is 19.4 Å². The van der Waals surface area contributed by atoms with Gasteiger partial charge in [0.05, 0.1) is 35.8 Å². The van der Waals surface area contributed by atoms with Gasteiger partial charge >= 0.3 is 11.8 Å². The van der Waals surface area contributed by atoms with Crippen molar-refractivity contribution in [2.24, 2.45) is 5.41 Å². The molecule has 0 aliphatic carbocycles. The van der Waals surface area contributed by atoms with E-state index in [1.54, 1.807) is 22.0 Å². The molecule has 2 aromatic heterocycles. The average molecular weight is 533 g/mol. The molecule has 0 spiro atoms. The first-order valence-electron chi connectivity index (χ1n) is 13.6. The quantitative estimate of drug-likeness (QED) is 0.512. The van der Waals surface area contributed by atoms with Gasteiger partial charge in [0.25, 0.3) is 0 Å². The van der Waals surface area contributed by atoms with Crippen LogP contribution in [0, 0.1) is 5.41 Å². The van der Waals surface area contributed by atoms with Crippen LogP contribution in [0.2, 0.25) is 0 Å². The Morgan fingerprint density at radius 1 is 1.00 bits per heavy atom. The highest BCUT2D eigenvalue weighted by molar-refractivity contribution is 6.40. The molecule has 3 amide bonds. The number of benzene rings is 1. The van der Waals surface area contributed by atoms with Gasteiger partial charge in [-0.1, -0.05) is 51.1 Å². The fraction of sp³-hybridized carbons (Fsp3) is 0.483. The van der Waals surface area contributed by atoms with Crippen LogP contribution in [0.15, 0.2) is 48.9 Å². The predicted molar refractivity (Wildman–Crippen MR) is 147 cm³/mol. The van der Waals surface area contributed by atoms with Gasteiger partial charge in [-0.25, -0.2) is 4.68 Å². The Morgan fingerprint density at radius 3 is 2.46 bits per heavy atom. The number of anilines is 1. The third-order valence-corrected chi connectivity index (χ3v) is 7.48. The van der Waals surface area contributed by atoms with E-state index >= 15 is 0 Å². The fourth-order valence-electron chi connectivity index (χ4n) is 5.39. The predicted octanol–water partition coefficient (Wildman–Crippen LogP) is 3.92. The number of fused-ring (bicyclic) bond motifs is 1. The SMILES string of the molecule is C[C@@H]1CN(C(=O)C(=O)Nc2cncc3c2cnn3C2CCCCO2)[C@@H](c2ccccc2)CN1C(=O)C(C)(C)C. The third-order valence-electron chi connectivity index (χ3n) is 7.48. The summed E-state index contributed by atoms with van der Waals surface area (Å²) in [5.41, 5.74) is 1.46. The lowest BCUT2D eigenvalue weighted by Gasteiger charge is -2.46. The van der Waals surface area contributed by atoms with Crippen molar-refractivity contribution in [2.45, 2.75) is 65.3 Å². The molecule has 39 heavy (non-hydrogen) atoms. The Hall–Kier alpha value is -3.79. The molecule has 0 saturated carbocycles. The van der Waals surface area contributed by atoms with E-state index in [1.807, 2.05) is 62.9 Å². The number of ether oxygens (including phenoxy) is 1. The first kappa shape index (κ1) is 26.8. The van der Waals surface area contributed by atoms with Crippen LogP contribution in [-0.4, -0.2) is 68.0 Å². The first-order chi connectivity index (χ1) is 18.6. The molecular weight excluding hydrogens is 496 g/mol. The molecule has 1 N–H and O–H groups in total. The number of pyridine rings is 1. The van der Waals surface area contributed by atoms with Gasteiger partial charge in [-0.2, -0.15) is 5.10 Å². The number of hydrogen-bond acceptors (Lipinski definition) is 6. The molecule has 1 aromatic carbocycles. The summed E-state index contributed by atoms with van der Waals surface area (Å²) in [5, 5.41) is 7.96. The highest BCUT2D eigenvalue weighted by Gasteiger charge is 2.41. The Bertz CT molecular complexity index is 1360. The highest BCUT2D eigenvalue weighted by atomic mass is 16.5. The normalized spacial score (nSPS) is 22.1. The van der Waals surface area contributed by atoms with E-state index in [0.717, 1.165) is 30.3 Å². The zero-order chi connectivity index (χ0) is 27.7. The van der Waals surface area contributed by atoms with E-state index in [2.05, 4.69) is 15.4 Å². The number of carbonyl (C=O) groups is 3. The minimum Gasteiger partial charge on any atom is -0.356 e. The number of carbonyl (C=O) groups excluding carboxylic acids is 3. The molecule has 2 aliphatic heterocycles. The molecule has 4 heterocycles. The smallest absolute Gasteiger partial charge is 0.313 e. The van der Waals surface area contributed by atoms with E-state index in [-0.39, 0.29) is 24.7 Å². The van der Waals surface area contributed by atoms with E-state index in [9.17, 15) is 14.4 Å². The number of hydrogen-bond donors (Lipinski definition) is 1. The van der Waals surface area contributed by atoms with Gasteiger partial charge in [0.15, 0.2) is 6.23 Å². The standard InChI is InChI=1S/C29H36N6O4/c1-19-17-34(24(20-10-6-5-7-11-20)18-33(19)28(38)29(2,3)4)27(37)26(36)32-22-15-30-16-23-21(22)14-31-35(23)25-12-8-9-13-39-25/h5-7,10-11,14-16,19,24-25H,8-9,12-13,17-18H2,1-4H3,(H,32,36)/t19-,24-,25?/m1/s1. The van der Waals surface area contributed by atoms with E-state index in [0.29, 0.717) is 24.2 Å². The van der Waals surface area contributed by atoms with Crippen molar-refractivity contribution in [1.82, 2.24) is 24.6 Å². The first-order valence-corrected chi connectivity index (χ1v) is 13.6. The van der Waals surface area contributed by atoms with Crippen LogP contribution < -0.4 is 5.32 Å². The molecule has 1 unspecified atom stereocenters. The van der Waals surface area contributed by atoms with Crippen LogP contribution in [0.5, 0.6) is 0 Å². The van der Waals surface area contributed by atoms with Crippen LogP contribution in [0.3, 0.4) is 0 Å². The van der Waals surface area contributed by atoms with E-state index in [4.69, 9.17) is 4.74 Å². The Labute approximate surface area is 228 Å². The summed E-state index contributed by atoms with van der Waals surface area (Å²) in [6.07, 6.45) is 7.65. The number of nitrogens with one attached hydrogen (secondary N) is 1. The molecule has 0 radical (unpaired) electrons. The lowest BCUT2D eigenvalue weighted by Crippen LogP contribution is -2.60. The zero-order valence-electron chi connectivity index (χ0n) is 23.0. The van der Waals surface area contributed by atoms with E-state index < -0.39 is 23.3 Å². The third kappa shape index (κ3) is 5.38. The van der Waals surface area contributed by atoms with Crippen molar-refractivity contribution >= 4 is 34.3 Å². The van der Waals surface area contributed by atoms with Crippen LogP contribution >= 0.6 is 0 Å². The summed E-state index contributed by atoms with van der Waals surface area (Å²) in [7, 11) is 0. The molecule has 0 bridgehead atoms.